The molecule has 0 spiro atoms. The van der Waals surface area contributed by atoms with Crippen LogP contribution in [0, 0.1) is 11.3 Å². The van der Waals surface area contributed by atoms with E-state index in [2.05, 4.69) is 5.32 Å². The van der Waals surface area contributed by atoms with Gasteiger partial charge in [0.15, 0.2) is 0 Å². The Balaban J connectivity index is 2.03. The maximum absolute atomic E-state index is 11.9. The summed E-state index contributed by atoms with van der Waals surface area (Å²) in [6.07, 6.45) is 1.54. The van der Waals surface area contributed by atoms with Crippen molar-refractivity contribution in [2.24, 2.45) is 0 Å². The van der Waals surface area contributed by atoms with Gasteiger partial charge in [0.1, 0.15) is 11.6 Å². The second-order valence-electron chi connectivity index (χ2n) is 3.98. The summed E-state index contributed by atoms with van der Waals surface area (Å²) in [5.41, 5.74) is 1.05. The summed E-state index contributed by atoms with van der Waals surface area (Å²) in [5.74, 6) is -0.388. The molecule has 0 fully saturated rings. The van der Waals surface area contributed by atoms with Crippen LogP contribution in [0.4, 0.5) is 0 Å². The molecule has 1 N–H and O–H groups in total. The lowest BCUT2D eigenvalue weighted by Crippen LogP contribution is -2.23. The Hall–Kier alpha value is -2.09. The summed E-state index contributed by atoms with van der Waals surface area (Å²) < 4.78 is 0.623. The fourth-order valence-corrected chi connectivity index (χ4v) is 2.57. The molecule has 0 radical (unpaired) electrons. The molecule has 2 rings (SSSR count). The number of thiophene rings is 1. The first kappa shape index (κ1) is 14.3. The van der Waals surface area contributed by atoms with Crippen LogP contribution in [0.2, 0.25) is 4.34 Å². The standard InChI is InChI=1S/C15H11ClN2OS/c16-14-7-6-13(20-14)8-12(9-17)15(19)18-10-11-4-2-1-3-5-11/h1-8H,10H2,(H,18,19)/b12-8-. The Bertz CT molecular complexity index is 671. The number of nitrogens with zero attached hydrogens (tertiary/aromatic N) is 1. The van der Waals surface area contributed by atoms with Crippen molar-refractivity contribution in [3.05, 3.63) is 62.8 Å². The van der Waals surface area contributed by atoms with Gasteiger partial charge in [-0.2, -0.15) is 5.26 Å². The zero-order valence-electron chi connectivity index (χ0n) is 10.5. The SMILES string of the molecule is N#C/C(=C/c1ccc(Cl)s1)C(=O)NCc1ccccc1. The lowest BCUT2D eigenvalue weighted by atomic mass is 10.2. The monoisotopic (exact) mass is 302 g/mol. The Morgan fingerprint density at radius 3 is 2.65 bits per heavy atom. The molecule has 3 nitrogen and oxygen atoms in total. The zero-order chi connectivity index (χ0) is 14.4. The third-order valence-corrected chi connectivity index (χ3v) is 3.72. The number of hydrogen-bond acceptors (Lipinski definition) is 3. The van der Waals surface area contributed by atoms with Crippen LogP contribution in [0.25, 0.3) is 6.08 Å². The van der Waals surface area contributed by atoms with E-state index < -0.39 is 0 Å². The maximum Gasteiger partial charge on any atom is 0.262 e. The van der Waals surface area contributed by atoms with E-state index in [0.717, 1.165) is 10.4 Å². The minimum Gasteiger partial charge on any atom is -0.347 e. The maximum atomic E-state index is 11.9. The fraction of sp³-hybridized carbons (Fsp3) is 0.0667. The van der Waals surface area contributed by atoms with Crippen LogP contribution in [-0.4, -0.2) is 5.91 Å². The topological polar surface area (TPSA) is 52.9 Å². The van der Waals surface area contributed by atoms with Crippen LogP contribution in [-0.2, 0) is 11.3 Å². The van der Waals surface area contributed by atoms with Crippen LogP contribution in [0.15, 0.2) is 48.0 Å². The van der Waals surface area contributed by atoms with Crippen LogP contribution in [0.3, 0.4) is 0 Å². The van der Waals surface area contributed by atoms with Crippen molar-refractivity contribution >= 4 is 34.9 Å². The molecule has 1 amide bonds. The van der Waals surface area contributed by atoms with Crippen LogP contribution >= 0.6 is 22.9 Å². The van der Waals surface area contributed by atoms with Crippen molar-refractivity contribution in [1.82, 2.24) is 5.32 Å². The Labute approximate surface area is 126 Å². The van der Waals surface area contributed by atoms with Crippen molar-refractivity contribution in [3.8, 4) is 6.07 Å². The summed E-state index contributed by atoms with van der Waals surface area (Å²) in [7, 11) is 0. The highest BCUT2D eigenvalue weighted by atomic mass is 35.5. The average Bonchev–Trinajstić information content (AvgIpc) is 2.88. The summed E-state index contributed by atoms with van der Waals surface area (Å²) in [5, 5.41) is 11.8. The van der Waals surface area contributed by atoms with Crippen LogP contribution in [0.1, 0.15) is 10.4 Å². The van der Waals surface area contributed by atoms with Crippen LogP contribution < -0.4 is 5.32 Å². The summed E-state index contributed by atoms with van der Waals surface area (Å²) in [6, 6.07) is 14.9. The molecule has 100 valence electrons. The molecular formula is C15H11ClN2OS. The number of amides is 1. The van der Waals surface area contributed by atoms with Crippen molar-refractivity contribution in [1.29, 1.82) is 5.26 Å². The highest BCUT2D eigenvalue weighted by molar-refractivity contribution is 7.17. The first-order valence-corrected chi connectivity index (χ1v) is 7.08. The number of benzene rings is 1. The molecule has 0 unspecified atom stereocenters. The first-order valence-electron chi connectivity index (χ1n) is 5.88. The number of hydrogen-bond donors (Lipinski definition) is 1. The van der Waals surface area contributed by atoms with Crippen LogP contribution in [0.5, 0.6) is 0 Å². The highest BCUT2D eigenvalue weighted by Gasteiger charge is 2.09. The molecule has 0 aliphatic carbocycles. The predicted octanol–water partition coefficient (Wildman–Crippen LogP) is 3.62. The molecule has 0 atom stereocenters. The zero-order valence-corrected chi connectivity index (χ0v) is 12.0. The molecule has 5 heteroatoms. The van der Waals surface area contributed by atoms with Gasteiger partial charge in [-0.05, 0) is 23.8 Å². The average molecular weight is 303 g/mol. The van der Waals surface area contributed by atoms with Gasteiger partial charge in [-0.25, -0.2) is 0 Å². The molecular weight excluding hydrogens is 292 g/mol. The van der Waals surface area contributed by atoms with E-state index in [1.165, 1.54) is 17.4 Å². The normalized spacial score (nSPS) is 10.9. The van der Waals surface area contributed by atoms with Gasteiger partial charge >= 0.3 is 0 Å². The lowest BCUT2D eigenvalue weighted by Gasteiger charge is -2.03. The fourth-order valence-electron chi connectivity index (χ4n) is 1.57. The molecule has 0 saturated carbocycles. The summed E-state index contributed by atoms with van der Waals surface area (Å²) in [4.78, 5) is 12.7. The van der Waals surface area contributed by atoms with E-state index >= 15 is 0 Å². The molecule has 0 aliphatic heterocycles. The number of halogens is 1. The van der Waals surface area contributed by atoms with Crippen molar-refractivity contribution < 1.29 is 4.79 Å². The van der Waals surface area contributed by atoms with Gasteiger partial charge in [0.05, 0.1) is 4.34 Å². The summed E-state index contributed by atoms with van der Waals surface area (Å²) >= 11 is 7.13. The van der Waals surface area contributed by atoms with E-state index in [9.17, 15) is 4.79 Å². The lowest BCUT2D eigenvalue weighted by molar-refractivity contribution is -0.117. The molecule has 1 heterocycles. The third kappa shape index (κ3) is 3.95. The minimum absolute atomic E-state index is 0.0689. The Kier molecular flexibility index (Phi) is 4.94. The third-order valence-electron chi connectivity index (χ3n) is 2.54. The molecule has 0 aliphatic rings. The number of carbonyl (C=O) groups is 1. The van der Waals surface area contributed by atoms with Gasteiger partial charge in [-0.1, -0.05) is 41.9 Å². The van der Waals surface area contributed by atoms with Gasteiger partial charge < -0.3 is 5.32 Å². The van der Waals surface area contributed by atoms with Gasteiger partial charge in [0.25, 0.3) is 5.91 Å². The Morgan fingerprint density at radius 2 is 2.05 bits per heavy atom. The predicted molar refractivity (Wildman–Crippen MR) is 81.2 cm³/mol. The van der Waals surface area contributed by atoms with Gasteiger partial charge in [0.2, 0.25) is 0 Å². The van der Waals surface area contributed by atoms with Crippen molar-refractivity contribution in [2.45, 2.75) is 6.54 Å². The molecule has 2 aromatic rings. The van der Waals surface area contributed by atoms with Gasteiger partial charge in [-0.3, -0.25) is 4.79 Å². The van der Waals surface area contributed by atoms with Gasteiger partial charge in [-0.15, -0.1) is 11.3 Å². The molecule has 20 heavy (non-hydrogen) atoms. The second kappa shape index (κ2) is 6.90. The molecule has 1 aromatic heterocycles. The largest absolute Gasteiger partial charge is 0.347 e. The first-order chi connectivity index (χ1) is 9.69. The van der Waals surface area contributed by atoms with Gasteiger partial charge in [0, 0.05) is 11.4 Å². The molecule has 0 bridgehead atoms. The van der Waals surface area contributed by atoms with E-state index in [0.29, 0.717) is 10.9 Å². The van der Waals surface area contributed by atoms with E-state index in [1.54, 1.807) is 12.1 Å². The highest BCUT2D eigenvalue weighted by Crippen LogP contribution is 2.23. The van der Waals surface area contributed by atoms with Crippen molar-refractivity contribution in [3.63, 3.8) is 0 Å². The molecule has 0 saturated heterocycles. The quantitative estimate of drug-likeness (QED) is 0.692. The second-order valence-corrected chi connectivity index (χ2v) is 5.73. The number of rotatable bonds is 4. The number of carbonyl (C=O) groups excluding carboxylic acids is 1. The van der Waals surface area contributed by atoms with E-state index in [-0.39, 0.29) is 11.5 Å². The van der Waals surface area contributed by atoms with E-state index in [1.807, 2.05) is 36.4 Å². The van der Waals surface area contributed by atoms with Crippen molar-refractivity contribution in [2.75, 3.05) is 0 Å². The molecule has 1 aromatic carbocycles. The number of nitriles is 1. The Morgan fingerprint density at radius 1 is 1.30 bits per heavy atom. The number of nitrogens with one attached hydrogen (secondary N) is 1. The summed E-state index contributed by atoms with van der Waals surface area (Å²) in [6.45, 7) is 0.393. The minimum atomic E-state index is -0.388. The smallest absolute Gasteiger partial charge is 0.262 e. The van der Waals surface area contributed by atoms with E-state index in [4.69, 9.17) is 16.9 Å².